The highest BCUT2D eigenvalue weighted by molar-refractivity contribution is 7.92. The second-order valence-electron chi connectivity index (χ2n) is 14.1. The van der Waals surface area contributed by atoms with Crippen LogP contribution in [0.5, 0.6) is 0 Å². The average Bonchev–Trinajstić information content (AvgIpc) is 3.58. The molecule has 0 aromatic heterocycles. The number of carbonyl (C=O) groups is 3. The van der Waals surface area contributed by atoms with Gasteiger partial charge >= 0.3 is 12.1 Å². The Morgan fingerprint density at radius 3 is 2.29 bits per heavy atom. The van der Waals surface area contributed by atoms with E-state index in [0.717, 1.165) is 29.5 Å². The van der Waals surface area contributed by atoms with Crippen LogP contribution >= 0.6 is 0 Å². The third-order valence-corrected chi connectivity index (χ3v) is 13.4. The third-order valence-electron chi connectivity index (χ3n) is 11.6. The molecule has 10 heteroatoms. The second-order valence-corrected chi connectivity index (χ2v) is 15.9. The molecule has 2 bridgehead atoms. The number of anilines is 1. The molecule has 1 saturated heterocycles. The normalized spacial score (nSPS) is 31.4. The van der Waals surface area contributed by atoms with Gasteiger partial charge in [0.2, 0.25) is 5.54 Å². The molecule has 6 atom stereocenters. The van der Waals surface area contributed by atoms with E-state index in [0.29, 0.717) is 18.5 Å². The molecule has 2 aromatic carbocycles. The molecule has 242 valence electrons. The van der Waals surface area contributed by atoms with Gasteiger partial charge < -0.3 is 9.47 Å². The summed E-state index contributed by atoms with van der Waals surface area (Å²) in [5.74, 6) is -1.17. The first-order valence-electron chi connectivity index (χ1n) is 16.0. The summed E-state index contributed by atoms with van der Waals surface area (Å²) < 4.78 is 42.9. The van der Waals surface area contributed by atoms with Crippen molar-refractivity contribution in [2.75, 3.05) is 10.9 Å². The molecular formula is C35H44N2O7S. The minimum atomic E-state index is -4.13. The molecule has 2 aromatic rings. The number of amides is 1. The molecule has 1 amide bonds. The molecule has 6 rings (SSSR count). The van der Waals surface area contributed by atoms with E-state index in [9.17, 15) is 22.8 Å². The standard InChI is InChI=1S/C35H44N2O7S/c1-8-43-31(39)35-26(15-12-16-27(35)38)36(35)32(40)44-30-29(25-17-18-34(30,7)33(25,5)6)37(28-22(3)19-21(2)20-23(28)4)45(41,42)24-13-10-9-11-14-24/h9-11,13-14,19-20,25-26,29-30H,8,12,15-18H2,1-7H3/t25-,26?,29-,30-,34+,35?,36?/m1/s1. The van der Waals surface area contributed by atoms with Crippen molar-refractivity contribution in [2.45, 2.75) is 109 Å². The van der Waals surface area contributed by atoms with Crippen molar-refractivity contribution in [3.63, 3.8) is 0 Å². The molecule has 4 fully saturated rings. The van der Waals surface area contributed by atoms with Crippen LogP contribution in [0.15, 0.2) is 47.4 Å². The van der Waals surface area contributed by atoms with Crippen molar-refractivity contribution in [3.8, 4) is 0 Å². The van der Waals surface area contributed by atoms with Gasteiger partial charge in [-0.2, -0.15) is 0 Å². The Kier molecular flexibility index (Phi) is 7.42. The second kappa shape index (κ2) is 10.6. The first-order valence-corrected chi connectivity index (χ1v) is 17.5. The van der Waals surface area contributed by atoms with E-state index in [2.05, 4.69) is 20.8 Å². The van der Waals surface area contributed by atoms with Crippen LogP contribution in [0, 0.1) is 37.5 Å². The number of ether oxygens (including phenoxy) is 2. The van der Waals surface area contributed by atoms with Crippen LogP contribution in [-0.2, 0) is 29.1 Å². The zero-order valence-corrected chi connectivity index (χ0v) is 28.1. The van der Waals surface area contributed by atoms with Crippen LogP contribution in [0.1, 0.15) is 76.5 Å². The molecule has 1 aliphatic heterocycles. The van der Waals surface area contributed by atoms with E-state index in [-0.39, 0.29) is 35.0 Å². The predicted molar refractivity (Wildman–Crippen MR) is 169 cm³/mol. The maximum absolute atomic E-state index is 14.8. The molecule has 45 heavy (non-hydrogen) atoms. The Labute approximate surface area is 266 Å². The molecular weight excluding hydrogens is 592 g/mol. The summed E-state index contributed by atoms with van der Waals surface area (Å²) >= 11 is 0. The number of aryl methyl sites for hydroxylation is 3. The van der Waals surface area contributed by atoms with Crippen molar-refractivity contribution in [1.82, 2.24) is 4.90 Å². The Morgan fingerprint density at radius 2 is 1.67 bits per heavy atom. The highest BCUT2D eigenvalue weighted by Gasteiger charge is 2.78. The smallest absolute Gasteiger partial charge is 0.411 e. The molecule has 3 saturated carbocycles. The molecule has 0 spiro atoms. The van der Waals surface area contributed by atoms with Crippen molar-refractivity contribution in [3.05, 3.63) is 59.2 Å². The fraction of sp³-hybridized carbons (Fsp3) is 0.571. The van der Waals surface area contributed by atoms with Crippen LogP contribution in [-0.4, -0.2) is 61.5 Å². The quantitative estimate of drug-likeness (QED) is 0.212. The molecule has 0 radical (unpaired) electrons. The van der Waals surface area contributed by atoms with E-state index >= 15 is 0 Å². The van der Waals surface area contributed by atoms with E-state index in [1.165, 1.54) is 9.21 Å². The topological polar surface area (TPSA) is 110 Å². The van der Waals surface area contributed by atoms with E-state index in [1.807, 2.05) is 32.9 Å². The summed E-state index contributed by atoms with van der Waals surface area (Å²) in [6, 6.07) is 11.0. The molecule has 2 unspecified atom stereocenters. The molecule has 3 aliphatic carbocycles. The SMILES string of the molecule is CCOC(=O)C12C(=O)CCCC1N2C(=O)O[C@@H]1[C@H](N(c2c(C)cc(C)cc2C)S(=O)(=O)c2ccccc2)[C@H]2CC[C@]1(C)C2(C)C. The van der Waals surface area contributed by atoms with Gasteiger partial charge in [0.15, 0.2) is 5.78 Å². The van der Waals surface area contributed by atoms with Crippen LogP contribution in [0.2, 0.25) is 0 Å². The van der Waals surface area contributed by atoms with Crippen LogP contribution < -0.4 is 4.31 Å². The van der Waals surface area contributed by atoms with Crippen molar-refractivity contribution < 1.29 is 32.3 Å². The summed E-state index contributed by atoms with van der Waals surface area (Å²) in [7, 11) is -4.13. The van der Waals surface area contributed by atoms with Gasteiger partial charge in [-0.1, -0.05) is 56.7 Å². The highest BCUT2D eigenvalue weighted by Crippen LogP contribution is 2.68. The minimum Gasteiger partial charge on any atom is -0.464 e. The average molecular weight is 637 g/mol. The number of rotatable bonds is 7. The van der Waals surface area contributed by atoms with Gasteiger partial charge in [0.05, 0.1) is 29.3 Å². The number of likely N-dealkylation sites (tertiary alicyclic amines) is 1. The summed E-state index contributed by atoms with van der Waals surface area (Å²) in [5, 5.41) is 0. The van der Waals surface area contributed by atoms with Crippen molar-refractivity contribution in [2.24, 2.45) is 16.7 Å². The number of esters is 1. The number of hydrogen-bond acceptors (Lipinski definition) is 7. The zero-order chi connectivity index (χ0) is 32.7. The Balaban J connectivity index is 1.48. The van der Waals surface area contributed by atoms with Gasteiger partial charge in [-0.05, 0) is 88.0 Å². The number of benzene rings is 2. The van der Waals surface area contributed by atoms with Crippen molar-refractivity contribution in [1.29, 1.82) is 0 Å². The number of carbonyl (C=O) groups excluding carboxylic acids is 3. The molecule has 4 aliphatic rings. The Bertz CT molecular complexity index is 1650. The lowest BCUT2D eigenvalue weighted by Gasteiger charge is -2.43. The van der Waals surface area contributed by atoms with E-state index < -0.39 is 51.2 Å². The summed E-state index contributed by atoms with van der Waals surface area (Å²) in [6.45, 7) is 13.9. The number of nitrogens with zero attached hydrogens (tertiary/aromatic N) is 2. The molecule has 9 nitrogen and oxygen atoms in total. The summed E-state index contributed by atoms with van der Waals surface area (Å²) in [5.41, 5.74) is 0.609. The van der Waals surface area contributed by atoms with Crippen LogP contribution in [0.25, 0.3) is 0 Å². The molecule has 0 N–H and O–H groups in total. The number of sulfonamides is 1. The molecule has 1 heterocycles. The first kappa shape index (κ1) is 31.6. The van der Waals surface area contributed by atoms with E-state index in [1.54, 1.807) is 37.3 Å². The Morgan fingerprint density at radius 1 is 1.02 bits per heavy atom. The monoisotopic (exact) mass is 636 g/mol. The Hall–Kier alpha value is -3.40. The van der Waals surface area contributed by atoms with E-state index in [4.69, 9.17) is 9.47 Å². The first-order chi connectivity index (χ1) is 21.1. The maximum Gasteiger partial charge on any atom is 0.411 e. The van der Waals surface area contributed by atoms with Gasteiger partial charge in [-0.3, -0.25) is 14.0 Å². The number of hydrogen-bond donors (Lipinski definition) is 0. The van der Waals surface area contributed by atoms with Crippen molar-refractivity contribution >= 4 is 33.6 Å². The van der Waals surface area contributed by atoms with Gasteiger partial charge in [-0.25, -0.2) is 18.0 Å². The maximum atomic E-state index is 14.8. The number of ketones is 1. The minimum absolute atomic E-state index is 0.0870. The zero-order valence-electron chi connectivity index (χ0n) is 27.3. The summed E-state index contributed by atoms with van der Waals surface area (Å²) in [4.78, 5) is 42.0. The van der Waals surface area contributed by atoms with Crippen LogP contribution in [0.3, 0.4) is 0 Å². The number of fused-ring (bicyclic) bond motifs is 3. The lowest BCUT2D eigenvalue weighted by molar-refractivity contribution is -0.151. The van der Waals surface area contributed by atoms with Gasteiger partial charge in [0.25, 0.3) is 10.0 Å². The number of Topliss-reactive ketones (excluding diaryl/α,β-unsaturated/α-hetero) is 1. The van der Waals surface area contributed by atoms with Gasteiger partial charge in [0, 0.05) is 11.8 Å². The fourth-order valence-electron chi connectivity index (χ4n) is 9.08. The van der Waals surface area contributed by atoms with Gasteiger partial charge in [-0.15, -0.1) is 0 Å². The van der Waals surface area contributed by atoms with Gasteiger partial charge in [0.1, 0.15) is 6.10 Å². The third kappa shape index (κ3) is 4.30. The largest absolute Gasteiger partial charge is 0.464 e. The predicted octanol–water partition coefficient (Wildman–Crippen LogP) is 5.88. The lowest BCUT2D eigenvalue weighted by atomic mass is 9.70. The highest BCUT2D eigenvalue weighted by atomic mass is 32.2. The fourth-order valence-corrected chi connectivity index (χ4v) is 10.9. The van der Waals surface area contributed by atoms with Crippen LogP contribution in [0.4, 0.5) is 10.5 Å². The summed E-state index contributed by atoms with van der Waals surface area (Å²) in [6.07, 6.45) is 1.16. The lowest BCUT2D eigenvalue weighted by Crippen LogP contribution is -2.54.